The Bertz CT molecular complexity index is 558. The minimum atomic E-state index is -1.23. The summed E-state index contributed by atoms with van der Waals surface area (Å²) in [7, 11) is 0. The number of hydrogen-bond donors (Lipinski definition) is 4. The van der Waals surface area contributed by atoms with E-state index in [2.05, 4.69) is 5.32 Å². The first-order valence-corrected chi connectivity index (χ1v) is 6.68. The van der Waals surface area contributed by atoms with Crippen LogP contribution in [-0.2, 0) is 0 Å². The molecule has 4 N–H and O–H groups in total. The second-order valence-electron chi connectivity index (χ2n) is 5.20. The highest BCUT2D eigenvalue weighted by Gasteiger charge is 2.29. The van der Waals surface area contributed by atoms with Crippen molar-refractivity contribution in [3.05, 3.63) is 23.8 Å². The number of aliphatic hydroxyl groups is 1. The van der Waals surface area contributed by atoms with Gasteiger partial charge in [-0.3, -0.25) is 0 Å². The number of anilines is 1. The van der Waals surface area contributed by atoms with Crippen LogP contribution in [0.1, 0.15) is 23.7 Å². The first-order valence-electron chi connectivity index (χ1n) is 6.68. The monoisotopic (exact) mass is 294 g/mol. The van der Waals surface area contributed by atoms with Crippen molar-refractivity contribution in [3.63, 3.8) is 0 Å². The Hall–Kier alpha value is -2.28. The van der Waals surface area contributed by atoms with E-state index in [4.69, 9.17) is 5.11 Å². The number of carboxylic acids is 1. The normalized spacial score (nSPS) is 19.3. The van der Waals surface area contributed by atoms with Gasteiger partial charge in [0.15, 0.2) is 0 Å². The molecule has 0 aromatic heterocycles. The number of carboxylic acid groups (broad SMARTS) is 1. The molecule has 1 aromatic carbocycles. The summed E-state index contributed by atoms with van der Waals surface area (Å²) in [5.41, 5.74) is -0.0413. The predicted octanol–water partition coefficient (Wildman–Crippen LogP) is 1.33. The van der Waals surface area contributed by atoms with E-state index in [0.29, 0.717) is 19.5 Å². The van der Waals surface area contributed by atoms with Crippen LogP contribution < -0.4 is 5.32 Å². The van der Waals surface area contributed by atoms with Crippen molar-refractivity contribution in [2.45, 2.75) is 19.4 Å². The second-order valence-corrected chi connectivity index (χ2v) is 5.20. The third kappa shape index (κ3) is 3.43. The van der Waals surface area contributed by atoms with Gasteiger partial charge in [-0.05, 0) is 31.5 Å². The second kappa shape index (κ2) is 6.01. The molecule has 0 radical (unpaired) electrons. The molecule has 21 heavy (non-hydrogen) atoms. The number of carbonyl (C=O) groups excluding carboxylic acids is 1. The number of amides is 2. The summed E-state index contributed by atoms with van der Waals surface area (Å²) in [5.74, 6) is -1.38. The van der Waals surface area contributed by atoms with Gasteiger partial charge in [0.2, 0.25) is 0 Å². The summed E-state index contributed by atoms with van der Waals surface area (Å²) in [6.45, 7) is 2.64. The lowest BCUT2D eigenvalue weighted by Crippen LogP contribution is -2.34. The average molecular weight is 294 g/mol. The first kappa shape index (κ1) is 15.1. The highest BCUT2D eigenvalue weighted by Crippen LogP contribution is 2.24. The molecule has 2 rings (SSSR count). The molecule has 2 atom stereocenters. The van der Waals surface area contributed by atoms with Crippen molar-refractivity contribution in [1.29, 1.82) is 0 Å². The van der Waals surface area contributed by atoms with Crippen LogP contribution in [0.4, 0.5) is 10.5 Å². The number of carbonyl (C=O) groups is 2. The topological polar surface area (TPSA) is 110 Å². The molecule has 0 bridgehead atoms. The van der Waals surface area contributed by atoms with Gasteiger partial charge in [0.05, 0.1) is 17.4 Å². The number of aliphatic hydroxyl groups excluding tert-OH is 1. The minimum absolute atomic E-state index is 0.0366. The first-order chi connectivity index (χ1) is 9.88. The average Bonchev–Trinajstić information content (AvgIpc) is 2.90. The molecular weight excluding hydrogens is 276 g/mol. The number of urea groups is 1. The molecule has 0 aliphatic carbocycles. The van der Waals surface area contributed by atoms with Crippen molar-refractivity contribution in [2.24, 2.45) is 5.92 Å². The summed E-state index contributed by atoms with van der Waals surface area (Å²) in [6, 6.07) is 3.33. The third-order valence-corrected chi connectivity index (χ3v) is 3.67. The molecule has 0 saturated carbocycles. The quantitative estimate of drug-likeness (QED) is 0.629. The third-order valence-electron chi connectivity index (χ3n) is 3.67. The van der Waals surface area contributed by atoms with Gasteiger partial charge in [-0.2, -0.15) is 0 Å². The fourth-order valence-corrected chi connectivity index (χ4v) is 2.38. The summed E-state index contributed by atoms with van der Waals surface area (Å²) >= 11 is 0. The fraction of sp³-hybridized carbons (Fsp3) is 0.429. The highest BCUT2D eigenvalue weighted by atomic mass is 16.4. The van der Waals surface area contributed by atoms with E-state index >= 15 is 0 Å². The lowest BCUT2D eigenvalue weighted by molar-refractivity contribution is 0.0697. The summed E-state index contributed by atoms with van der Waals surface area (Å²) in [6.07, 6.45) is 0.234. The van der Waals surface area contributed by atoms with Crippen molar-refractivity contribution in [2.75, 3.05) is 18.4 Å². The Morgan fingerprint density at radius 3 is 2.71 bits per heavy atom. The Morgan fingerprint density at radius 1 is 1.43 bits per heavy atom. The number of aromatic carboxylic acids is 1. The van der Waals surface area contributed by atoms with Gasteiger partial charge in [0, 0.05) is 19.0 Å². The molecule has 7 nitrogen and oxygen atoms in total. The molecule has 2 amide bonds. The Morgan fingerprint density at radius 2 is 2.14 bits per heavy atom. The van der Waals surface area contributed by atoms with Gasteiger partial charge < -0.3 is 25.5 Å². The number of benzene rings is 1. The van der Waals surface area contributed by atoms with Gasteiger partial charge in [0.1, 0.15) is 5.75 Å². The van der Waals surface area contributed by atoms with Crippen LogP contribution >= 0.6 is 0 Å². The largest absolute Gasteiger partial charge is 0.508 e. The maximum atomic E-state index is 12.1. The summed E-state index contributed by atoms with van der Waals surface area (Å²) in [4.78, 5) is 24.8. The Labute approximate surface area is 121 Å². The van der Waals surface area contributed by atoms with Crippen LogP contribution in [-0.4, -0.2) is 51.4 Å². The molecule has 114 valence electrons. The molecule has 1 aromatic rings. The Balaban J connectivity index is 2.09. The van der Waals surface area contributed by atoms with E-state index in [-0.39, 0.29) is 22.9 Å². The highest BCUT2D eigenvalue weighted by molar-refractivity contribution is 6.00. The molecule has 1 saturated heterocycles. The summed E-state index contributed by atoms with van der Waals surface area (Å²) < 4.78 is 0. The van der Waals surface area contributed by atoms with Crippen LogP contribution in [0.5, 0.6) is 5.75 Å². The Kier molecular flexibility index (Phi) is 4.32. The van der Waals surface area contributed by atoms with E-state index in [1.54, 1.807) is 6.92 Å². The van der Waals surface area contributed by atoms with E-state index in [9.17, 15) is 19.8 Å². The zero-order valence-corrected chi connectivity index (χ0v) is 11.6. The SMILES string of the molecule is CC(O)C1CCN(C(=O)Nc2ccc(O)cc2C(=O)O)C1. The number of rotatable bonds is 3. The number of phenolic OH excluding ortho intramolecular Hbond substituents is 1. The van der Waals surface area contributed by atoms with Crippen molar-refractivity contribution in [3.8, 4) is 5.75 Å². The van der Waals surface area contributed by atoms with Gasteiger partial charge in [-0.15, -0.1) is 0 Å². The molecular formula is C14H18N2O5. The number of nitrogens with zero attached hydrogens (tertiary/aromatic N) is 1. The number of aromatic hydroxyl groups is 1. The van der Waals surface area contributed by atoms with Crippen LogP contribution in [0.15, 0.2) is 18.2 Å². The maximum absolute atomic E-state index is 12.1. The van der Waals surface area contributed by atoms with E-state index in [1.165, 1.54) is 17.0 Å². The van der Waals surface area contributed by atoms with Crippen molar-refractivity contribution < 1.29 is 24.9 Å². The molecule has 1 fully saturated rings. The van der Waals surface area contributed by atoms with Crippen LogP contribution in [0.3, 0.4) is 0 Å². The fourth-order valence-electron chi connectivity index (χ4n) is 2.38. The predicted molar refractivity (Wildman–Crippen MR) is 75.4 cm³/mol. The molecule has 7 heteroatoms. The van der Waals surface area contributed by atoms with Gasteiger partial charge in [-0.1, -0.05) is 0 Å². The zero-order valence-electron chi connectivity index (χ0n) is 11.6. The number of hydrogen-bond acceptors (Lipinski definition) is 4. The maximum Gasteiger partial charge on any atom is 0.337 e. The minimum Gasteiger partial charge on any atom is -0.508 e. The molecule has 1 heterocycles. The van der Waals surface area contributed by atoms with E-state index in [0.717, 1.165) is 6.07 Å². The smallest absolute Gasteiger partial charge is 0.337 e. The number of nitrogens with one attached hydrogen (secondary N) is 1. The van der Waals surface area contributed by atoms with Crippen molar-refractivity contribution in [1.82, 2.24) is 4.90 Å². The van der Waals surface area contributed by atoms with Gasteiger partial charge in [0.25, 0.3) is 0 Å². The number of phenols is 1. The van der Waals surface area contributed by atoms with Crippen LogP contribution in [0, 0.1) is 5.92 Å². The van der Waals surface area contributed by atoms with Gasteiger partial charge in [-0.25, -0.2) is 9.59 Å². The van der Waals surface area contributed by atoms with Crippen molar-refractivity contribution >= 4 is 17.7 Å². The molecule has 2 unspecified atom stereocenters. The summed E-state index contributed by atoms with van der Waals surface area (Å²) in [5, 5.41) is 30.4. The number of likely N-dealkylation sites (tertiary alicyclic amines) is 1. The lowest BCUT2D eigenvalue weighted by Gasteiger charge is -2.19. The molecule has 0 spiro atoms. The van der Waals surface area contributed by atoms with E-state index < -0.39 is 18.1 Å². The van der Waals surface area contributed by atoms with Gasteiger partial charge >= 0.3 is 12.0 Å². The van der Waals surface area contributed by atoms with Crippen LogP contribution in [0.25, 0.3) is 0 Å². The lowest BCUT2D eigenvalue weighted by atomic mass is 10.0. The standard InChI is InChI=1S/C14H18N2O5/c1-8(17)9-4-5-16(7-9)14(21)15-12-3-2-10(18)6-11(12)13(19)20/h2-3,6,8-9,17-18H,4-5,7H2,1H3,(H,15,21)(H,19,20). The van der Waals surface area contributed by atoms with Crippen LogP contribution in [0.2, 0.25) is 0 Å². The van der Waals surface area contributed by atoms with E-state index in [1.807, 2.05) is 0 Å². The molecule has 1 aliphatic heterocycles. The zero-order chi connectivity index (χ0) is 15.6. The molecule has 1 aliphatic rings.